The van der Waals surface area contributed by atoms with Crippen LogP contribution in [0.15, 0.2) is 17.4 Å². The van der Waals surface area contributed by atoms with Crippen molar-refractivity contribution in [3.05, 3.63) is 12.4 Å². The fourth-order valence-corrected chi connectivity index (χ4v) is 4.63. The lowest BCUT2D eigenvalue weighted by atomic mass is 10.0. The molecule has 2 N–H and O–H groups in total. The summed E-state index contributed by atoms with van der Waals surface area (Å²) in [4.78, 5) is 15.6. The van der Waals surface area contributed by atoms with Gasteiger partial charge in [0.15, 0.2) is 0 Å². The second-order valence-corrected chi connectivity index (χ2v) is 9.33. The zero-order valence-corrected chi connectivity index (χ0v) is 20.3. The maximum atomic E-state index is 11.2. The first kappa shape index (κ1) is 27.8. The van der Waals surface area contributed by atoms with Crippen LogP contribution in [0.25, 0.3) is 0 Å². The van der Waals surface area contributed by atoms with E-state index in [1.807, 2.05) is 6.20 Å². The van der Waals surface area contributed by atoms with Gasteiger partial charge < -0.3 is 15.6 Å². The quantitative estimate of drug-likeness (QED) is 0.182. The smallest absolute Gasteiger partial charge is 0.207 e. The highest BCUT2D eigenvalue weighted by Crippen LogP contribution is 2.21. The molecule has 1 rings (SSSR count). The summed E-state index contributed by atoms with van der Waals surface area (Å²) in [5.41, 5.74) is 5.71. The first-order valence-electron chi connectivity index (χ1n) is 13.2. The van der Waals surface area contributed by atoms with E-state index in [9.17, 15) is 9.90 Å². The fourth-order valence-electron chi connectivity index (χ4n) is 4.63. The molecule has 1 aliphatic rings. The van der Waals surface area contributed by atoms with E-state index in [0.717, 1.165) is 18.7 Å². The number of carbonyl (C=O) groups is 1. The maximum absolute atomic E-state index is 11.2. The number of quaternary nitrogens is 1. The van der Waals surface area contributed by atoms with E-state index in [1.54, 1.807) is 6.20 Å². The van der Waals surface area contributed by atoms with Crippen LogP contribution in [0, 0.1) is 0 Å². The highest BCUT2D eigenvalue weighted by molar-refractivity contribution is 5.80. The van der Waals surface area contributed by atoms with Crippen LogP contribution in [0.5, 0.6) is 0 Å². The zero-order valence-electron chi connectivity index (χ0n) is 20.3. The molecule has 0 spiro atoms. The molecule has 0 radical (unpaired) electrons. The van der Waals surface area contributed by atoms with Gasteiger partial charge in [0.05, 0.1) is 12.2 Å². The predicted octanol–water partition coefficient (Wildman–Crippen LogP) is 5.44. The standard InChI is InChI=1S/C26H49N3O2/c1-2-3-4-5-6-7-8-9-10-11-12-13-14-15-16-17-18-19-25-28-21-23-29(25,22-20-27)24-26(30)31/h21,23H,2-20,22,24,27H2,1H3. The van der Waals surface area contributed by atoms with Gasteiger partial charge in [0, 0.05) is 13.0 Å². The number of aliphatic carboxylic acids is 1. The molecule has 5 heteroatoms. The van der Waals surface area contributed by atoms with E-state index < -0.39 is 5.97 Å². The van der Waals surface area contributed by atoms with Crippen molar-refractivity contribution >= 4 is 11.8 Å². The van der Waals surface area contributed by atoms with Gasteiger partial charge in [-0.2, -0.15) is 0 Å². The largest absolute Gasteiger partial charge is 0.544 e. The van der Waals surface area contributed by atoms with Gasteiger partial charge in [0.1, 0.15) is 19.3 Å². The van der Waals surface area contributed by atoms with E-state index in [2.05, 4.69) is 11.9 Å². The minimum Gasteiger partial charge on any atom is -0.544 e. The van der Waals surface area contributed by atoms with Crippen LogP contribution in [0.1, 0.15) is 122 Å². The molecule has 0 saturated carbocycles. The molecule has 180 valence electrons. The monoisotopic (exact) mass is 435 g/mol. The molecule has 0 amide bonds. The van der Waals surface area contributed by atoms with Crippen molar-refractivity contribution in [2.75, 3.05) is 19.6 Å². The lowest BCUT2D eigenvalue weighted by Crippen LogP contribution is -2.55. The zero-order chi connectivity index (χ0) is 22.6. The number of carboxylic acids is 1. The summed E-state index contributed by atoms with van der Waals surface area (Å²) in [6.07, 6.45) is 27.5. The first-order valence-corrected chi connectivity index (χ1v) is 13.2. The van der Waals surface area contributed by atoms with E-state index in [4.69, 9.17) is 5.73 Å². The fraction of sp³-hybridized carbons (Fsp3) is 0.846. The summed E-state index contributed by atoms with van der Waals surface area (Å²) in [5.74, 6) is -0.120. The van der Waals surface area contributed by atoms with Crippen molar-refractivity contribution in [2.45, 2.75) is 122 Å². The Morgan fingerprint density at radius 3 is 1.71 bits per heavy atom. The Balaban J connectivity index is 1.93. The van der Waals surface area contributed by atoms with E-state index >= 15 is 0 Å². The van der Waals surface area contributed by atoms with Gasteiger partial charge in [0.2, 0.25) is 5.84 Å². The summed E-state index contributed by atoms with van der Waals surface area (Å²) in [7, 11) is 0. The number of carboxylic acid groups (broad SMARTS) is 1. The third kappa shape index (κ3) is 13.1. The van der Waals surface area contributed by atoms with Crippen LogP contribution in [0.4, 0.5) is 0 Å². The minimum atomic E-state index is -1.05. The third-order valence-corrected chi connectivity index (χ3v) is 6.53. The van der Waals surface area contributed by atoms with Gasteiger partial charge in [-0.3, -0.25) is 0 Å². The topological polar surface area (TPSA) is 78.5 Å². The van der Waals surface area contributed by atoms with E-state index in [0.29, 0.717) is 13.1 Å². The number of unbranched alkanes of at least 4 members (excludes halogenated alkanes) is 16. The Labute approximate surface area is 191 Å². The minimum absolute atomic E-state index is 0.0640. The Morgan fingerprint density at radius 1 is 0.839 bits per heavy atom. The summed E-state index contributed by atoms with van der Waals surface area (Å²) in [6, 6.07) is 0. The summed E-state index contributed by atoms with van der Waals surface area (Å²) >= 11 is 0. The van der Waals surface area contributed by atoms with Crippen molar-refractivity contribution in [1.82, 2.24) is 0 Å². The Bertz CT molecular complexity index is 519. The molecule has 1 heterocycles. The normalized spacial score (nSPS) is 17.9. The lowest BCUT2D eigenvalue weighted by Gasteiger charge is -2.32. The highest BCUT2D eigenvalue weighted by Gasteiger charge is 2.34. The average Bonchev–Trinajstić information content (AvgIpc) is 3.11. The van der Waals surface area contributed by atoms with Gasteiger partial charge in [-0.15, -0.1) is 0 Å². The number of rotatable bonds is 22. The molecule has 0 aliphatic carbocycles. The molecule has 1 atom stereocenters. The molecule has 0 aromatic carbocycles. The molecule has 0 bridgehead atoms. The molecule has 0 fully saturated rings. The number of aliphatic imine (C=N–C) groups is 1. The molecule has 1 unspecified atom stereocenters. The Hall–Kier alpha value is -1.20. The number of nitrogens with zero attached hydrogens (tertiary/aromatic N) is 2. The van der Waals surface area contributed by atoms with Crippen LogP contribution in [0.3, 0.4) is 0 Å². The molecular formula is C26H49N3O2. The predicted molar refractivity (Wildman–Crippen MR) is 129 cm³/mol. The van der Waals surface area contributed by atoms with Crippen molar-refractivity contribution in [3.8, 4) is 0 Å². The maximum Gasteiger partial charge on any atom is 0.207 e. The lowest BCUT2D eigenvalue weighted by molar-refractivity contribution is -0.780. The van der Waals surface area contributed by atoms with Crippen molar-refractivity contribution in [1.29, 1.82) is 0 Å². The van der Waals surface area contributed by atoms with Crippen LogP contribution in [-0.2, 0) is 4.79 Å². The Morgan fingerprint density at radius 2 is 1.29 bits per heavy atom. The number of hydrogen-bond acceptors (Lipinski definition) is 4. The molecule has 31 heavy (non-hydrogen) atoms. The third-order valence-electron chi connectivity index (χ3n) is 6.53. The van der Waals surface area contributed by atoms with Gasteiger partial charge in [-0.25, -0.2) is 9.48 Å². The first-order chi connectivity index (χ1) is 15.1. The van der Waals surface area contributed by atoms with Crippen LogP contribution in [0.2, 0.25) is 0 Å². The van der Waals surface area contributed by atoms with Crippen LogP contribution in [-0.4, -0.2) is 35.9 Å². The number of hydrogen-bond donors (Lipinski definition) is 1. The number of amidine groups is 1. The molecule has 0 aromatic heterocycles. The second kappa shape index (κ2) is 18.4. The van der Waals surface area contributed by atoms with E-state index in [1.165, 1.54) is 103 Å². The summed E-state index contributed by atoms with van der Waals surface area (Å²) in [5, 5.41) is 11.2. The number of carbonyl (C=O) groups excluding carboxylic acids is 1. The number of nitrogens with two attached hydrogens (primary N) is 1. The molecule has 0 saturated heterocycles. The van der Waals surface area contributed by atoms with E-state index in [-0.39, 0.29) is 11.0 Å². The molecule has 0 aromatic rings. The van der Waals surface area contributed by atoms with Crippen molar-refractivity contribution in [3.63, 3.8) is 0 Å². The van der Waals surface area contributed by atoms with Crippen molar-refractivity contribution < 1.29 is 14.4 Å². The van der Waals surface area contributed by atoms with Gasteiger partial charge in [0.25, 0.3) is 0 Å². The molecule has 1 aliphatic heterocycles. The summed E-state index contributed by atoms with van der Waals surface area (Å²) in [6.45, 7) is 3.23. The Kier molecular flexibility index (Phi) is 16.5. The SMILES string of the molecule is CCCCCCCCCCCCCCCCCCCC1=NC=C[N+]1(CCN)CC(=O)[O-]. The van der Waals surface area contributed by atoms with Crippen LogP contribution < -0.4 is 10.8 Å². The molecular weight excluding hydrogens is 386 g/mol. The molecule has 5 nitrogen and oxygen atoms in total. The highest BCUT2D eigenvalue weighted by atomic mass is 16.4. The van der Waals surface area contributed by atoms with Gasteiger partial charge >= 0.3 is 0 Å². The van der Waals surface area contributed by atoms with Crippen LogP contribution >= 0.6 is 0 Å². The van der Waals surface area contributed by atoms with Crippen molar-refractivity contribution in [2.24, 2.45) is 10.7 Å². The summed E-state index contributed by atoms with van der Waals surface area (Å²) < 4.78 is 0.248. The average molecular weight is 436 g/mol. The second-order valence-electron chi connectivity index (χ2n) is 9.33. The van der Waals surface area contributed by atoms with Gasteiger partial charge in [-0.05, 0) is 6.42 Å². The van der Waals surface area contributed by atoms with Gasteiger partial charge in [-0.1, -0.05) is 110 Å².